The van der Waals surface area contributed by atoms with Gasteiger partial charge in [0, 0.05) is 19.6 Å². The third kappa shape index (κ3) is 7.48. The Morgan fingerprint density at radius 2 is 1.70 bits per heavy atom. The Morgan fingerprint density at radius 1 is 1.04 bits per heavy atom. The van der Waals surface area contributed by atoms with E-state index in [9.17, 15) is 17.6 Å². The summed E-state index contributed by atoms with van der Waals surface area (Å²) in [5.41, 5.74) is 1.47. The maximum Gasteiger partial charge on any atom is 0.224 e. The number of aryl methyl sites for hydroxylation is 1. The molecule has 0 saturated heterocycles. The first kappa shape index (κ1) is 21.1. The fraction of sp³-hybridized carbons (Fsp3) is 0.350. The summed E-state index contributed by atoms with van der Waals surface area (Å²) in [7, 11) is -3.36. The molecule has 2 rings (SSSR count). The van der Waals surface area contributed by atoms with E-state index < -0.39 is 15.8 Å². The summed E-state index contributed by atoms with van der Waals surface area (Å²) < 4.78 is 38.8. The number of hydrogen-bond donors (Lipinski definition) is 1. The molecule has 0 aliphatic rings. The summed E-state index contributed by atoms with van der Waals surface area (Å²) in [4.78, 5) is 11.9. The van der Waals surface area contributed by atoms with E-state index >= 15 is 0 Å². The minimum atomic E-state index is -3.36. The average Bonchev–Trinajstić information content (AvgIpc) is 2.62. The van der Waals surface area contributed by atoms with Crippen LogP contribution in [-0.2, 0) is 27.7 Å². The summed E-state index contributed by atoms with van der Waals surface area (Å²) in [5, 5.41) is 2.66. The molecule has 1 amide bonds. The largest absolute Gasteiger partial charge is 0.354 e. The van der Waals surface area contributed by atoms with Gasteiger partial charge in [0.15, 0.2) is 0 Å². The topological polar surface area (TPSA) is 66.5 Å². The minimum absolute atomic E-state index is 0.0699. The molecule has 0 fully saturated rings. The van der Waals surface area contributed by atoms with Crippen LogP contribution in [0.1, 0.15) is 17.5 Å². The van der Waals surface area contributed by atoms with Crippen molar-refractivity contribution in [2.24, 2.45) is 0 Å². The van der Waals surface area contributed by atoms with Crippen LogP contribution in [-0.4, -0.2) is 44.5 Å². The second kappa shape index (κ2) is 10.2. The first-order chi connectivity index (χ1) is 12.9. The molecule has 0 saturated carbocycles. The van der Waals surface area contributed by atoms with Crippen molar-refractivity contribution >= 4 is 15.9 Å². The first-order valence-corrected chi connectivity index (χ1v) is 10.7. The lowest BCUT2D eigenvalue weighted by Gasteiger charge is -2.20. The third-order valence-corrected chi connectivity index (χ3v) is 5.48. The molecular weight excluding hydrogens is 367 g/mol. The lowest BCUT2D eigenvalue weighted by Crippen LogP contribution is -2.39. The molecule has 0 atom stereocenters. The molecular formula is C20H25FN2O3S. The second-order valence-electron chi connectivity index (χ2n) is 6.37. The number of hydrogen-bond acceptors (Lipinski definition) is 3. The molecule has 0 bridgehead atoms. The number of sulfonamides is 1. The van der Waals surface area contributed by atoms with E-state index in [1.54, 1.807) is 18.2 Å². The van der Waals surface area contributed by atoms with Gasteiger partial charge >= 0.3 is 0 Å². The smallest absolute Gasteiger partial charge is 0.224 e. The molecule has 7 heteroatoms. The van der Waals surface area contributed by atoms with Crippen LogP contribution in [0.4, 0.5) is 4.39 Å². The van der Waals surface area contributed by atoms with E-state index in [2.05, 4.69) is 5.32 Å². The minimum Gasteiger partial charge on any atom is -0.354 e. The highest BCUT2D eigenvalue weighted by atomic mass is 32.2. The van der Waals surface area contributed by atoms with Gasteiger partial charge < -0.3 is 5.32 Å². The van der Waals surface area contributed by atoms with Gasteiger partial charge in [0.25, 0.3) is 0 Å². The molecule has 1 N–H and O–H groups in total. The van der Waals surface area contributed by atoms with Crippen molar-refractivity contribution in [3.05, 3.63) is 71.5 Å². The lowest BCUT2D eigenvalue weighted by molar-refractivity contribution is -0.120. The number of amides is 1. The van der Waals surface area contributed by atoms with E-state index in [4.69, 9.17) is 0 Å². The molecule has 146 valence electrons. The summed E-state index contributed by atoms with van der Waals surface area (Å²) in [6.07, 6.45) is 2.57. The van der Waals surface area contributed by atoms with Gasteiger partial charge in [-0.2, -0.15) is 0 Å². The molecule has 0 radical (unpaired) electrons. The molecule has 5 nitrogen and oxygen atoms in total. The van der Waals surface area contributed by atoms with Crippen LogP contribution in [0.25, 0.3) is 0 Å². The summed E-state index contributed by atoms with van der Waals surface area (Å²) in [5.74, 6) is -0.760. The number of carbonyl (C=O) groups excluding carboxylic acids is 1. The number of halogens is 1. The van der Waals surface area contributed by atoms with E-state index in [0.717, 1.165) is 18.2 Å². The predicted octanol–water partition coefficient (Wildman–Crippen LogP) is 2.38. The van der Waals surface area contributed by atoms with E-state index in [-0.39, 0.29) is 25.4 Å². The van der Waals surface area contributed by atoms with Gasteiger partial charge in [0.2, 0.25) is 15.9 Å². The zero-order valence-electron chi connectivity index (χ0n) is 15.4. The van der Waals surface area contributed by atoms with Crippen molar-refractivity contribution in [2.75, 3.05) is 25.9 Å². The molecule has 0 heterocycles. The van der Waals surface area contributed by atoms with Gasteiger partial charge in [-0.05, 0) is 30.0 Å². The van der Waals surface area contributed by atoms with E-state index in [0.29, 0.717) is 18.5 Å². The highest BCUT2D eigenvalue weighted by Gasteiger charge is 2.16. The Balaban J connectivity index is 1.78. The quantitative estimate of drug-likeness (QED) is 0.675. The molecule has 0 unspecified atom stereocenters. The summed E-state index contributed by atoms with van der Waals surface area (Å²) in [6.45, 7) is 0.763. The monoisotopic (exact) mass is 392 g/mol. The Morgan fingerprint density at radius 3 is 2.37 bits per heavy atom. The van der Waals surface area contributed by atoms with Crippen LogP contribution in [0.2, 0.25) is 0 Å². The molecule has 27 heavy (non-hydrogen) atoms. The number of benzene rings is 2. The SMILES string of the molecule is CS(=O)(=O)N(CCCc1ccccc1)CCNC(=O)Cc1ccccc1F. The number of carbonyl (C=O) groups is 1. The van der Waals surface area contributed by atoms with Gasteiger partial charge in [-0.25, -0.2) is 17.1 Å². The van der Waals surface area contributed by atoms with Crippen molar-refractivity contribution in [3.8, 4) is 0 Å². The van der Waals surface area contributed by atoms with E-state index in [1.165, 1.54) is 10.4 Å². The normalized spacial score (nSPS) is 11.5. The maximum absolute atomic E-state index is 13.6. The van der Waals surface area contributed by atoms with Crippen LogP contribution < -0.4 is 5.32 Å². The zero-order chi connectivity index (χ0) is 19.7. The first-order valence-electron chi connectivity index (χ1n) is 8.85. The summed E-state index contributed by atoms with van der Waals surface area (Å²) in [6, 6.07) is 16.0. The van der Waals surface area contributed by atoms with Crippen LogP contribution in [0, 0.1) is 5.82 Å². The number of nitrogens with one attached hydrogen (secondary N) is 1. The average molecular weight is 392 g/mol. The highest BCUT2D eigenvalue weighted by Crippen LogP contribution is 2.07. The molecule has 0 spiro atoms. The zero-order valence-corrected chi connectivity index (χ0v) is 16.2. The summed E-state index contributed by atoms with van der Waals surface area (Å²) >= 11 is 0. The van der Waals surface area contributed by atoms with Crippen molar-refractivity contribution < 1.29 is 17.6 Å². The van der Waals surface area contributed by atoms with Gasteiger partial charge in [0.05, 0.1) is 12.7 Å². The van der Waals surface area contributed by atoms with Gasteiger partial charge in [-0.15, -0.1) is 0 Å². The van der Waals surface area contributed by atoms with Crippen LogP contribution in [0.15, 0.2) is 54.6 Å². The molecule has 0 aliphatic heterocycles. The fourth-order valence-electron chi connectivity index (χ4n) is 2.74. The van der Waals surface area contributed by atoms with Crippen molar-refractivity contribution in [1.29, 1.82) is 0 Å². The van der Waals surface area contributed by atoms with Gasteiger partial charge in [-0.3, -0.25) is 4.79 Å². The molecule has 2 aromatic rings. The molecule has 0 aliphatic carbocycles. The number of nitrogens with zero attached hydrogens (tertiary/aromatic N) is 1. The number of rotatable bonds is 10. The Labute approximate surface area is 160 Å². The molecule has 0 aromatic heterocycles. The Bertz CT molecular complexity index is 841. The maximum atomic E-state index is 13.6. The standard InChI is InChI=1S/C20H25FN2O3S/c1-27(25,26)23(14-7-10-17-8-3-2-4-9-17)15-13-22-20(24)16-18-11-5-6-12-19(18)21/h2-6,8-9,11-12H,7,10,13-16H2,1H3,(H,22,24). The van der Waals surface area contributed by atoms with Gasteiger partial charge in [-0.1, -0.05) is 48.5 Å². The van der Waals surface area contributed by atoms with Crippen LogP contribution >= 0.6 is 0 Å². The van der Waals surface area contributed by atoms with Crippen LogP contribution in [0.5, 0.6) is 0 Å². The lowest BCUT2D eigenvalue weighted by atomic mass is 10.1. The van der Waals surface area contributed by atoms with Crippen molar-refractivity contribution in [1.82, 2.24) is 9.62 Å². The Hall–Kier alpha value is -2.25. The molecule has 2 aromatic carbocycles. The predicted molar refractivity (Wildman–Crippen MR) is 104 cm³/mol. The second-order valence-corrected chi connectivity index (χ2v) is 8.35. The Kier molecular flexibility index (Phi) is 7.94. The van der Waals surface area contributed by atoms with Gasteiger partial charge in [0.1, 0.15) is 5.82 Å². The fourth-order valence-corrected chi connectivity index (χ4v) is 3.63. The highest BCUT2D eigenvalue weighted by molar-refractivity contribution is 7.88. The van der Waals surface area contributed by atoms with Crippen molar-refractivity contribution in [3.63, 3.8) is 0 Å². The van der Waals surface area contributed by atoms with Crippen molar-refractivity contribution in [2.45, 2.75) is 19.3 Å². The van der Waals surface area contributed by atoms with Crippen LogP contribution in [0.3, 0.4) is 0 Å². The third-order valence-electron chi connectivity index (χ3n) is 4.18. The van der Waals surface area contributed by atoms with E-state index in [1.807, 2.05) is 30.3 Å².